The highest BCUT2D eigenvalue weighted by molar-refractivity contribution is 5.99. The minimum absolute atomic E-state index is 0.0827. The van der Waals surface area contributed by atoms with Crippen molar-refractivity contribution in [2.45, 2.75) is 32.2 Å². The van der Waals surface area contributed by atoms with Gasteiger partial charge in [-0.25, -0.2) is 4.39 Å². The monoisotopic (exact) mass is 221 g/mol. The number of benzene rings is 1. The first-order valence-electron chi connectivity index (χ1n) is 5.63. The summed E-state index contributed by atoms with van der Waals surface area (Å²) in [5.74, 6) is -0.434. The van der Waals surface area contributed by atoms with Gasteiger partial charge >= 0.3 is 0 Å². The normalized spacial score (nSPS) is 15.7. The number of halogens is 1. The first-order valence-corrected chi connectivity index (χ1v) is 5.63. The van der Waals surface area contributed by atoms with Crippen LogP contribution >= 0.6 is 0 Å². The molecule has 0 saturated heterocycles. The van der Waals surface area contributed by atoms with Crippen molar-refractivity contribution in [3.8, 4) is 0 Å². The highest BCUT2D eigenvalue weighted by Gasteiger charge is 2.24. The van der Waals surface area contributed by atoms with E-state index in [0.717, 1.165) is 18.5 Å². The molecule has 1 aromatic carbocycles. The molecule has 0 unspecified atom stereocenters. The van der Waals surface area contributed by atoms with Gasteiger partial charge in [-0.1, -0.05) is 0 Å². The second kappa shape index (κ2) is 4.24. The molecule has 0 amide bonds. The van der Waals surface area contributed by atoms with Gasteiger partial charge in [0.15, 0.2) is 5.78 Å². The maximum atomic E-state index is 13.1. The Bertz CT molecular complexity index is 412. The molecular formula is C13H16FNO. The van der Waals surface area contributed by atoms with Crippen LogP contribution in [0.5, 0.6) is 0 Å². The molecule has 86 valence electrons. The largest absolute Gasteiger partial charge is 0.371 e. The average Bonchev–Trinajstić information content (AvgIpc) is 2.14. The Morgan fingerprint density at radius 2 is 2.12 bits per heavy atom. The number of hydrogen-bond acceptors (Lipinski definition) is 2. The van der Waals surface area contributed by atoms with E-state index >= 15 is 0 Å². The van der Waals surface area contributed by atoms with Crippen LogP contribution in [0, 0.1) is 5.82 Å². The molecule has 0 bridgehead atoms. The second-order valence-electron chi connectivity index (χ2n) is 4.41. The molecule has 1 aliphatic rings. The molecule has 0 N–H and O–H groups in total. The summed E-state index contributed by atoms with van der Waals surface area (Å²) in [6, 6.07) is 4.94. The van der Waals surface area contributed by atoms with Crippen molar-refractivity contribution in [3.63, 3.8) is 0 Å². The fourth-order valence-electron chi connectivity index (χ4n) is 2.07. The van der Waals surface area contributed by atoms with Crippen LogP contribution < -0.4 is 4.90 Å². The topological polar surface area (TPSA) is 20.3 Å². The molecule has 0 heterocycles. The summed E-state index contributed by atoms with van der Waals surface area (Å²) < 4.78 is 13.1. The maximum absolute atomic E-state index is 13.1. The molecule has 1 fully saturated rings. The molecule has 0 spiro atoms. The quantitative estimate of drug-likeness (QED) is 0.731. The molecule has 0 aliphatic heterocycles. The van der Waals surface area contributed by atoms with Crippen LogP contribution in [-0.2, 0) is 0 Å². The molecule has 1 saturated carbocycles. The maximum Gasteiger partial charge on any atom is 0.161 e. The summed E-state index contributed by atoms with van der Waals surface area (Å²) in [6.45, 7) is 1.48. The van der Waals surface area contributed by atoms with Crippen LogP contribution in [0.2, 0.25) is 0 Å². The highest BCUT2D eigenvalue weighted by atomic mass is 19.1. The molecule has 0 aromatic heterocycles. The van der Waals surface area contributed by atoms with Gasteiger partial charge in [-0.3, -0.25) is 4.79 Å². The van der Waals surface area contributed by atoms with Crippen molar-refractivity contribution in [2.75, 3.05) is 11.9 Å². The van der Waals surface area contributed by atoms with E-state index in [-0.39, 0.29) is 11.6 Å². The molecule has 16 heavy (non-hydrogen) atoms. The molecule has 3 heteroatoms. The number of nitrogens with zero attached hydrogens (tertiary/aromatic N) is 1. The third-order valence-corrected chi connectivity index (χ3v) is 3.34. The van der Waals surface area contributed by atoms with Crippen molar-refractivity contribution in [3.05, 3.63) is 29.6 Å². The Kier molecular flexibility index (Phi) is 2.95. The second-order valence-corrected chi connectivity index (χ2v) is 4.41. The van der Waals surface area contributed by atoms with Gasteiger partial charge in [0.1, 0.15) is 5.82 Å². The van der Waals surface area contributed by atoms with Crippen molar-refractivity contribution < 1.29 is 9.18 Å². The lowest BCUT2D eigenvalue weighted by Crippen LogP contribution is -2.37. The average molecular weight is 221 g/mol. The predicted molar refractivity (Wildman–Crippen MR) is 62.4 cm³/mol. The van der Waals surface area contributed by atoms with Crippen molar-refractivity contribution in [1.82, 2.24) is 0 Å². The van der Waals surface area contributed by atoms with Crippen LogP contribution in [0.3, 0.4) is 0 Å². The van der Waals surface area contributed by atoms with Crippen molar-refractivity contribution in [2.24, 2.45) is 0 Å². The number of hydrogen-bond donors (Lipinski definition) is 0. The minimum atomic E-state index is -0.351. The Hall–Kier alpha value is -1.38. The first kappa shape index (κ1) is 11.1. The van der Waals surface area contributed by atoms with Gasteiger partial charge < -0.3 is 4.90 Å². The van der Waals surface area contributed by atoms with Crippen molar-refractivity contribution in [1.29, 1.82) is 0 Å². The fraction of sp³-hybridized carbons (Fsp3) is 0.462. The number of Topliss-reactive ketones (excluding diaryl/α,β-unsaturated/α-hetero) is 1. The lowest BCUT2D eigenvalue weighted by molar-refractivity contribution is 0.101. The SMILES string of the molecule is CC(=O)c1cc(F)ccc1N(C)C1CCC1. The van der Waals surface area contributed by atoms with Crippen LogP contribution in [-0.4, -0.2) is 18.9 Å². The molecule has 0 atom stereocenters. The van der Waals surface area contributed by atoms with Gasteiger partial charge in [-0.15, -0.1) is 0 Å². The smallest absolute Gasteiger partial charge is 0.161 e. The van der Waals surface area contributed by atoms with Gasteiger partial charge in [0.25, 0.3) is 0 Å². The zero-order chi connectivity index (χ0) is 11.7. The summed E-state index contributed by atoms with van der Waals surface area (Å²) in [7, 11) is 1.98. The van der Waals surface area contributed by atoms with Gasteiger partial charge in [0, 0.05) is 24.3 Å². The molecule has 0 radical (unpaired) electrons. The van der Waals surface area contributed by atoms with E-state index in [9.17, 15) is 9.18 Å². The minimum Gasteiger partial charge on any atom is -0.371 e. The van der Waals surface area contributed by atoms with Crippen LogP contribution in [0.4, 0.5) is 10.1 Å². The Morgan fingerprint density at radius 3 is 2.62 bits per heavy atom. The molecular weight excluding hydrogens is 205 g/mol. The lowest BCUT2D eigenvalue weighted by Gasteiger charge is -2.37. The predicted octanol–water partition coefficient (Wildman–Crippen LogP) is 3.02. The van der Waals surface area contributed by atoms with Crippen LogP contribution in [0.15, 0.2) is 18.2 Å². The van der Waals surface area contributed by atoms with E-state index in [0.29, 0.717) is 11.6 Å². The standard InChI is InChI=1S/C13H16FNO/c1-9(16)12-8-10(14)6-7-13(12)15(2)11-4-3-5-11/h6-8,11H,3-5H2,1-2H3. The van der Waals surface area contributed by atoms with Gasteiger partial charge in [-0.05, 0) is 44.4 Å². The molecule has 2 nitrogen and oxygen atoms in total. The zero-order valence-electron chi connectivity index (χ0n) is 9.66. The fourth-order valence-corrected chi connectivity index (χ4v) is 2.07. The summed E-state index contributed by atoms with van der Waals surface area (Å²) in [5.41, 5.74) is 1.33. The third kappa shape index (κ3) is 1.94. The Balaban J connectivity index is 2.34. The highest BCUT2D eigenvalue weighted by Crippen LogP contribution is 2.30. The number of carbonyl (C=O) groups is 1. The van der Waals surface area contributed by atoms with Gasteiger partial charge in [0.05, 0.1) is 0 Å². The number of rotatable bonds is 3. The number of anilines is 1. The summed E-state index contributed by atoms with van der Waals surface area (Å²) in [6.07, 6.45) is 3.56. The summed E-state index contributed by atoms with van der Waals surface area (Å²) in [5, 5.41) is 0. The molecule has 1 aromatic rings. The van der Waals surface area contributed by atoms with Gasteiger partial charge in [-0.2, -0.15) is 0 Å². The zero-order valence-corrected chi connectivity index (χ0v) is 9.66. The van der Waals surface area contributed by atoms with E-state index in [4.69, 9.17) is 0 Å². The van der Waals surface area contributed by atoms with Gasteiger partial charge in [0.2, 0.25) is 0 Å². The first-order chi connectivity index (χ1) is 7.59. The van der Waals surface area contributed by atoms with E-state index in [1.807, 2.05) is 7.05 Å². The van der Waals surface area contributed by atoms with Crippen LogP contribution in [0.25, 0.3) is 0 Å². The molecule has 2 rings (SSSR count). The number of ketones is 1. The lowest BCUT2D eigenvalue weighted by atomic mass is 9.91. The van der Waals surface area contributed by atoms with E-state index in [1.54, 1.807) is 6.07 Å². The Labute approximate surface area is 95.1 Å². The van der Waals surface area contributed by atoms with E-state index < -0.39 is 0 Å². The van der Waals surface area contributed by atoms with Crippen molar-refractivity contribution >= 4 is 11.5 Å². The summed E-state index contributed by atoms with van der Waals surface area (Å²) in [4.78, 5) is 13.6. The third-order valence-electron chi connectivity index (χ3n) is 3.34. The van der Waals surface area contributed by atoms with Crippen LogP contribution in [0.1, 0.15) is 36.5 Å². The number of carbonyl (C=O) groups excluding carboxylic acids is 1. The molecule has 1 aliphatic carbocycles. The summed E-state index contributed by atoms with van der Waals surface area (Å²) >= 11 is 0. The van der Waals surface area contributed by atoms with E-state index in [2.05, 4.69) is 4.90 Å². The van der Waals surface area contributed by atoms with E-state index in [1.165, 1.54) is 25.5 Å². The Morgan fingerprint density at radius 1 is 1.44 bits per heavy atom.